The maximum atomic E-state index is 5.59. The molecule has 0 saturated heterocycles. The van der Waals surface area contributed by atoms with Crippen molar-refractivity contribution < 1.29 is 16.5 Å². The van der Waals surface area contributed by atoms with Gasteiger partial charge in [0.1, 0.15) is 0 Å². The van der Waals surface area contributed by atoms with Gasteiger partial charge in [-0.3, -0.25) is 9.98 Å². The van der Waals surface area contributed by atoms with E-state index in [2.05, 4.69) is 77.9 Å². The normalized spacial score (nSPS) is 12.0. The van der Waals surface area contributed by atoms with Crippen molar-refractivity contribution in [2.75, 3.05) is 0 Å². The van der Waals surface area contributed by atoms with Crippen molar-refractivity contribution in [3.63, 3.8) is 0 Å². The number of aryl methyl sites for hydroxylation is 4. The Morgan fingerprint density at radius 2 is 0.534 bits per heavy atom. The molecule has 0 unspecified atom stereocenters. The molecular weight excluding hydrogens is 747 g/mol. The molecule has 2 nitrogen and oxygen atoms in total. The van der Waals surface area contributed by atoms with Gasteiger partial charge in [0, 0.05) is 16.5 Å². The fraction of sp³-hybridized carbons (Fsp3) is 0.745. The fourth-order valence-corrected chi connectivity index (χ4v) is 8.27. The topological polar surface area (TPSA) is 24.7 Å². The zero-order valence-corrected chi connectivity index (χ0v) is 40.4. The quantitative estimate of drug-likeness (QED) is 0.0366. The van der Waals surface area contributed by atoms with Gasteiger partial charge in [0.25, 0.3) is 0 Å². The number of aliphatic imine (C=N–C) groups is 2. The van der Waals surface area contributed by atoms with Gasteiger partial charge in [-0.15, -0.1) is 0 Å². The van der Waals surface area contributed by atoms with E-state index in [1.807, 2.05) is 0 Å². The summed E-state index contributed by atoms with van der Waals surface area (Å²) in [5.74, 6) is 0. The van der Waals surface area contributed by atoms with Crippen molar-refractivity contribution in [2.45, 2.75) is 266 Å². The van der Waals surface area contributed by atoms with Crippen LogP contribution in [0.3, 0.4) is 0 Å². The van der Waals surface area contributed by atoms with Crippen LogP contribution in [0.5, 0.6) is 0 Å². The van der Waals surface area contributed by atoms with Crippen LogP contribution in [0.15, 0.2) is 46.4 Å². The third kappa shape index (κ3) is 27.2. The number of hydrogen-bond acceptors (Lipinski definition) is 2. The third-order valence-corrected chi connectivity index (χ3v) is 12.0. The van der Waals surface area contributed by atoms with Crippen molar-refractivity contribution in [1.82, 2.24) is 0 Å². The standard InChI is InChI=1S/C55H94N2.Ni/c1-7-13-19-20-21-22-23-24-25-26-27-28-29-30-31-32-33-34-35-41-55(57-53-46-50(38-16-10-4)43-51(47-53)39-17-11-5)54(40-18-12-6)56-52-44-48(36-14-8-2)42-49(45-52)37-15-9-3;/h42-47H,7-41H2,1-6H3;. The number of benzene rings is 2. The SMILES string of the molecule is CCCCCCCCCCCCCCCCCCCCCC(=Nc1cc(CCCC)cc(CCCC)c1)C(CCCC)=Nc1cc(CCCC)cc(CCCC)c1.[Ni]. The summed E-state index contributed by atoms with van der Waals surface area (Å²) in [6.45, 7) is 13.8. The first-order valence-electron chi connectivity index (χ1n) is 25.5. The Kier molecular flexibility index (Phi) is 35.8. The minimum Gasteiger partial charge on any atom is -0.252 e. The van der Waals surface area contributed by atoms with Crippen molar-refractivity contribution >= 4 is 22.8 Å². The van der Waals surface area contributed by atoms with Crippen LogP contribution in [0.2, 0.25) is 0 Å². The molecule has 0 radical (unpaired) electrons. The van der Waals surface area contributed by atoms with Gasteiger partial charge in [-0.2, -0.15) is 0 Å². The Hall–Kier alpha value is -1.73. The molecule has 0 N–H and O–H groups in total. The Morgan fingerprint density at radius 1 is 0.293 bits per heavy atom. The molecule has 2 rings (SSSR count). The Labute approximate surface area is 372 Å². The first-order valence-corrected chi connectivity index (χ1v) is 25.5. The Bertz CT molecular complexity index is 1260. The molecule has 0 heterocycles. The van der Waals surface area contributed by atoms with E-state index in [9.17, 15) is 0 Å². The van der Waals surface area contributed by atoms with Crippen LogP contribution in [-0.2, 0) is 42.2 Å². The molecule has 0 aromatic heterocycles. The van der Waals surface area contributed by atoms with Crippen LogP contribution in [0.4, 0.5) is 11.4 Å². The van der Waals surface area contributed by atoms with Crippen molar-refractivity contribution in [3.8, 4) is 0 Å². The van der Waals surface area contributed by atoms with Gasteiger partial charge in [-0.25, -0.2) is 0 Å². The first kappa shape index (κ1) is 54.3. The summed E-state index contributed by atoms with van der Waals surface area (Å²) in [6.07, 6.45) is 45.7. The summed E-state index contributed by atoms with van der Waals surface area (Å²) >= 11 is 0. The molecule has 2 aromatic rings. The number of rotatable bonds is 38. The van der Waals surface area contributed by atoms with E-state index >= 15 is 0 Å². The van der Waals surface area contributed by atoms with Crippen LogP contribution in [0.25, 0.3) is 0 Å². The van der Waals surface area contributed by atoms with Crippen LogP contribution >= 0.6 is 0 Å². The molecule has 0 aliphatic carbocycles. The maximum absolute atomic E-state index is 5.59. The van der Waals surface area contributed by atoms with Gasteiger partial charge >= 0.3 is 0 Å². The second-order valence-electron chi connectivity index (χ2n) is 17.8. The van der Waals surface area contributed by atoms with Gasteiger partial charge in [-0.05, 0) is 124 Å². The Morgan fingerprint density at radius 3 is 0.810 bits per heavy atom. The zero-order chi connectivity index (χ0) is 41.0. The molecule has 0 fully saturated rings. The molecule has 2 aromatic carbocycles. The molecule has 3 heteroatoms. The van der Waals surface area contributed by atoms with Crippen molar-refractivity contribution in [1.29, 1.82) is 0 Å². The summed E-state index contributed by atoms with van der Waals surface area (Å²) in [5, 5.41) is 0. The van der Waals surface area contributed by atoms with Crippen LogP contribution < -0.4 is 0 Å². The van der Waals surface area contributed by atoms with E-state index in [-0.39, 0.29) is 16.5 Å². The molecule has 0 spiro atoms. The van der Waals surface area contributed by atoms with Crippen molar-refractivity contribution in [3.05, 3.63) is 58.7 Å². The second kappa shape index (κ2) is 38.2. The van der Waals surface area contributed by atoms with Gasteiger partial charge in [0.05, 0.1) is 22.8 Å². The second-order valence-corrected chi connectivity index (χ2v) is 17.8. The molecule has 0 aliphatic rings. The third-order valence-electron chi connectivity index (χ3n) is 12.0. The summed E-state index contributed by atoms with van der Waals surface area (Å²) in [6, 6.07) is 14.5. The largest absolute Gasteiger partial charge is 0.252 e. The number of hydrogen-bond donors (Lipinski definition) is 0. The monoisotopic (exact) mass is 841 g/mol. The van der Waals surface area contributed by atoms with E-state index in [0.29, 0.717) is 0 Å². The van der Waals surface area contributed by atoms with Gasteiger partial charge < -0.3 is 0 Å². The minimum atomic E-state index is 0. The average molecular weight is 842 g/mol. The van der Waals surface area contributed by atoms with Crippen LogP contribution in [0, 0.1) is 0 Å². The molecular formula is C55H94N2Ni. The molecule has 0 bridgehead atoms. The molecule has 334 valence electrons. The van der Waals surface area contributed by atoms with Gasteiger partial charge in [0.2, 0.25) is 0 Å². The predicted octanol–water partition coefficient (Wildman–Crippen LogP) is 18.9. The van der Waals surface area contributed by atoms with Crippen LogP contribution in [0.1, 0.15) is 263 Å². The van der Waals surface area contributed by atoms with Gasteiger partial charge in [-0.1, -0.05) is 201 Å². The van der Waals surface area contributed by atoms with E-state index in [0.717, 1.165) is 56.3 Å². The molecule has 0 amide bonds. The molecule has 0 aliphatic heterocycles. The van der Waals surface area contributed by atoms with Gasteiger partial charge in [0.15, 0.2) is 0 Å². The predicted molar refractivity (Wildman–Crippen MR) is 259 cm³/mol. The van der Waals surface area contributed by atoms with E-state index < -0.39 is 0 Å². The van der Waals surface area contributed by atoms with Crippen LogP contribution in [-0.4, -0.2) is 11.4 Å². The zero-order valence-electron chi connectivity index (χ0n) is 39.4. The summed E-state index contributed by atoms with van der Waals surface area (Å²) in [4.78, 5) is 11.2. The average Bonchev–Trinajstić information content (AvgIpc) is 3.22. The number of unbranched alkanes of at least 4 members (excludes halogenated alkanes) is 23. The maximum Gasteiger partial charge on any atom is 0.0639 e. The van der Waals surface area contributed by atoms with E-state index in [4.69, 9.17) is 9.98 Å². The molecule has 0 atom stereocenters. The number of nitrogens with zero attached hydrogens (tertiary/aromatic N) is 2. The molecule has 58 heavy (non-hydrogen) atoms. The summed E-state index contributed by atoms with van der Waals surface area (Å²) in [5.41, 5.74) is 10.6. The summed E-state index contributed by atoms with van der Waals surface area (Å²) in [7, 11) is 0. The van der Waals surface area contributed by atoms with E-state index in [1.165, 1.54) is 213 Å². The summed E-state index contributed by atoms with van der Waals surface area (Å²) < 4.78 is 0. The fourth-order valence-electron chi connectivity index (χ4n) is 8.27. The smallest absolute Gasteiger partial charge is 0.0639 e. The Balaban J connectivity index is 0.0000168. The van der Waals surface area contributed by atoms with Crippen molar-refractivity contribution in [2.24, 2.45) is 9.98 Å². The minimum absolute atomic E-state index is 0. The van der Waals surface area contributed by atoms with E-state index in [1.54, 1.807) is 0 Å². The molecule has 0 saturated carbocycles. The first-order chi connectivity index (χ1) is 28.1.